The minimum absolute atomic E-state index is 0.102. The summed E-state index contributed by atoms with van der Waals surface area (Å²) in [5.41, 5.74) is -3.57. The Balaban J connectivity index is 1.26. The van der Waals surface area contributed by atoms with Gasteiger partial charge in [-0.3, -0.25) is 32.7 Å². The first kappa shape index (κ1) is 61.5. The average molecular weight is 1300 g/mol. The highest BCUT2D eigenvalue weighted by Gasteiger charge is 2.27. The van der Waals surface area contributed by atoms with E-state index in [-0.39, 0.29) is 49.7 Å². The number of benzene rings is 5. The van der Waals surface area contributed by atoms with Crippen LogP contribution in [0.1, 0.15) is 0 Å². The fraction of sp³-hybridized carbons (Fsp3) is 0.105. The molecule has 7 aromatic rings. The summed E-state index contributed by atoms with van der Waals surface area (Å²) in [7, 11) is -34.0. The summed E-state index contributed by atoms with van der Waals surface area (Å²) in [5.74, 6) is -3.57. The SMILES string of the molecule is O=S(=O)(O)OCCS(=O)(=O)c1ccc(Nc2nc(Cl)[nH]c(=Nc3ccc(S(=O)(=O)O)c(N=Nc4c(S(=O)(=O)O)cc5cc(S(=O)(=O)O)cc(N=c6nc(Nc7ccc(S(=O)(=O)CCOS(=O)(=O)O)cc7)nc(Cl)[nH]6)c5c4O)c3)n2)cc1. The summed E-state index contributed by atoms with van der Waals surface area (Å²) < 4.78 is 226. The Labute approximate surface area is 465 Å². The molecule has 0 spiro atoms. The number of nitrogens with one attached hydrogen (secondary N) is 4. The number of hydrogen-bond acceptors (Lipinski definition) is 27. The van der Waals surface area contributed by atoms with Gasteiger partial charge in [0.05, 0.1) is 56.2 Å². The van der Waals surface area contributed by atoms with Gasteiger partial charge in [-0.2, -0.15) is 62.0 Å². The zero-order valence-electron chi connectivity index (χ0n) is 39.3. The second-order valence-corrected chi connectivity index (χ2v) is 26.9. The zero-order chi connectivity index (χ0) is 59.7. The molecule has 34 nitrogen and oxygen atoms in total. The van der Waals surface area contributed by atoms with E-state index in [2.05, 4.69) is 69.1 Å². The second-order valence-electron chi connectivity index (χ2n) is 15.6. The van der Waals surface area contributed by atoms with Gasteiger partial charge < -0.3 is 15.7 Å². The van der Waals surface area contributed by atoms with Crippen LogP contribution in [0.15, 0.2) is 130 Å². The van der Waals surface area contributed by atoms with E-state index in [1.807, 2.05) is 0 Å². The van der Waals surface area contributed by atoms with Crippen molar-refractivity contribution in [3.05, 3.63) is 107 Å². The van der Waals surface area contributed by atoms with E-state index in [9.17, 15) is 77.7 Å². The van der Waals surface area contributed by atoms with E-state index in [0.29, 0.717) is 18.2 Å². The molecule has 5 aromatic carbocycles. The first-order valence-corrected chi connectivity index (χ1v) is 32.2. The number of hydrogen-bond donors (Lipinski definition) is 10. The number of aromatic hydroxyl groups is 1. The van der Waals surface area contributed by atoms with Gasteiger partial charge in [0.25, 0.3) is 30.4 Å². The van der Waals surface area contributed by atoms with E-state index in [1.54, 1.807) is 0 Å². The molecular formula is C38H32Cl2N12O22S7. The van der Waals surface area contributed by atoms with Crippen LogP contribution in [0.5, 0.6) is 5.75 Å². The number of phenolic OH excluding ortho intramolecular Hbond substituents is 1. The molecule has 0 amide bonds. The lowest BCUT2D eigenvalue weighted by molar-refractivity contribution is 0.282. The van der Waals surface area contributed by atoms with E-state index in [4.69, 9.17) is 32.3 Å². The van der Waals surface area contributed by atoms with Crippen LogP contribution >= 0.6 is 23.2 Å². The van der Waals surface area contributed by atoms with Crippen molar-refractivity contribution in [1.82, 2.24) is 29.9 Å². The van der Waals surface area contributed by atoms with Gasteiger partial charge in [0.1, 0.15) is 21.2 Å². The molecule has 0 atom stereocenters. The lowest BCUT2D eigenvalue weighted by Gasteiger charge is -2.12. The van der Waals surface area contributed by atoms with Crippen molar-refractivity contribution in [3.8, 4) is 5.75 Å². The van der Waals surface area contributed by atoms with Gasteiger partial charge in [-0.05, 0) is 114 Å². The number of aromatic amines is 2. The first-order valence-electron chi connectivity index (χ1n) is 21.0. The molecule has 2 heterocycles. The summed E-state index contributed by atoms with van der Waals surface area (Å²) in [4.78, 5) is 25.5. The van der Waals surface area contributed by atoms with Gasteiger partial charge in [0.15, 0.2) is 25.4 Å². The van der Waals surface area contributed by atoms with Gasteiger partial charge in [-0.25, -0.2) is 35.2 Å². The smallest absolute Gasteiger partial charge is 0.397 e. The highest BCUT2D eigenvalue weighted by molar-refractivity contribution is 7.92. The molecule has 0 saturated carbocycles. The van der Waals surface area contributed by atoms with Gasteiger partial charge in [-0.1, -0.05) is 0 Å². The Hall–Kier alpha value is -7.07. The summed E-state index contributed by atoms with van der Waals surface area (Å²) in [6.07, 6.45) is 0. The number of H-pyrrole nitrogens is 2. The average Bonchev–Trinajstić information content (AvgIpc) is 3.53. The predicted octanol–water partition coefficient (Wildman–Crippen LogP) is 3.38. The van der Waals surface area contributed by atoms with Crippen LogP contribution in [-0.2, 0) is 79.2 Å². The van der Waals surface area contributed by atoms with Crippen molar-refractivity contribution in [3.63, 3.8) is 0 Å². The van der Waals surface area contributed by atoms with Crippen LogP contribution in [0.3, 0.4) is 0 Å². The summed E-state index contributed by atoms with van der Waals surface area (Å²) in [5, 5.41) is 22.6. The maximum atomic E-state index is 12.9. The van der Waals surface area contributed by atoms with E-state index < -0.39 is 155 Å². The molecular weight excluding hydrogens is 1270 g/mol. The Morgan fingerprint density at radius 3 is 1.42 bits per heavy atom. The van der Waals surface area contributed by atoms with Crippen molar-refractivity contribution in [2.45, 2.75) is 24.5 Å². The van der Waals surface area contributed by atoms with Gasteiger partial charge in [0.2, 0.25) is 33.7 Å². The van der Waals surface area contributed by atoms with Crippen molar-refractivity contribution in [2.24, 2.45) is 20.2 Å². The summed E-state index contributed by atoms with van der Waals surface area (Å²) in [6.45, 7) is -1.78. The minimum Gasteiger partial charge on any atom is -0.505 e. The molecule has 0 aliphatic carbocycles. The molecule has 0 saturated heterocycles. The van der Waals surface area contributed by atoms with Crippen LogP contribution in [0, 0.1) is 0 Å². The number of fused-ring (bicyclic) bond motifs is 1. The Morgan fingerprint density at radius 2 is 0.975 bits per heavy atom. The van der Waals surface area contributed by atoms with Crippen molar-refractivity contribution < 1.29 is 95.2 Å². The van der Waals surface area contributed by atoms with Crippen molar-refractivity contribution >= 4 is 151 Å². The standard InChI is InChI=1S/C38H32Cl2N12O22S7/c39-33-45-35(41-20-1-6-23(7-2-20)75(54,55)13-11-73-80(67,68)69)49-37(47-33)43-22-5-10-28(78(61,62)63)26(17-22)51-52-31-29(79(64,65)66)16-19-15-25(77(58,59)60)18-27(30(19)32(31)53)44-38-48-34(40)46-36(50-38)42-21-3-8-24(9-4-21)76(56,57)14-12-74-81(70,71)72/h1-10,15-18,53H,11-14H2,(H,58,59,60)(H,61,62,63)(H,64,65,66)(H,67,68,69)(H,70,71,72)(H2,41,43,45,47,49)(H2,42,44,46,48,50). The number of sulfone groups is 2. The maximum Gasteiger partial charge on any atom is 0.397 e. The third-order valence-corrected chi connectivity index (χ3v) is 17.3. The highest BCUT2D eigenvalue weighted by atomic mass is 35.5. The zero-order valence-corrected chi connectivity index (χ0v) is 46.5. The molecule has 0 aliphatic rings. The number of phenols is 1. The molecule has 0 aliphatic heterocycles. The molecule has 0 fully saturated rings. The third kappa shape index (κ3) is 16.5. The molecule has 10 N–H and O–H groups in total. The third-order valence-electron chi connectivity index (χ3n) is 9.99. The van der Waals surface area contributed by atoms with Crippen molar-refractivity contribution in [1.29, 1.82) is 0 Å². The number of halogens is 2. The van der Waals surface area contributed by atoms with Gasteiger partial charge in [-0.15, -0.1) is 10.2 Å². The number of aromatic nitrogens is 6. The van der Waals surface area contributed by atoms with E-state index >= 15 is 0 Å². The van der Waals surface area contributed by atoms with Gasteiger partial charge in [0, 0.05) is 11.4 Å². The Kier molecular flexibility index (Phi) is 17.8. The molecule has 0 bridgehead atoms. The molecule has 0 unspecified atom stereocenters. The Bertz CT molecular complexity index is 4690. The summed E-state index contributed by atoms with van der Waals surface area (Å²) in [6, 6.07) is 13.9. The van der Waals surface area contributed by atoms with Crippen LogP contribution in [-0.4, -0.2) is 141 Å². The number of nitrogens with zero attached hydrogens (tertiary/aromatic N) is 8. The second kappa shape index (κ2) is 23.4. The maximum absolute atomic E-state index is 12.9. The van der Waals surface area contributed by atoms with Crippen LogP contribution in [0.4, 0.5) is 46.0 Å². The van der Waals surface area contributed by atoms with E-state index in [1.165, 1.54) is 24.3 Å². The summed E-state index contributed by atoms with van der Waals surface area (Å²) >= 11 is 12.4. The van der Waals surface area contributed by atoms with Crippen LogP contribution in [0.2, 0.25) is 10.6 Å². The monoisotopic (exact) mass is 1300 g/mol. The fourth-order valence-electron chi connectivity index (χ4n) is 6.61. The molecule has 2 aromatic heterocycles. The lowest BCUT2D eigenvalue weighted by Crippen LogP contribution is -2.16. The van der Waals surface area contributed by atoms with Crippen LogP contribution < -0.4 is 21.9 Å². The number of azo groups is 1. The van der Waals surface area contributed by atoms with Gasteiger partial charge >= 0.3 is 20.8 Å². The minimum atomic E-state index is -5.53. The highest BCUT2D eigenvalue weighted by Crippen LogP contribution is 2.46. The lowest BCUT2D eigenvalue weighted by atomic mass is 10.1. The molecule has 7 rings (SSSR count). The Morgan fingerprint density at radius 1 is 0.506 bits per heavy atom. The van der Waals surface area contributed by atoms with E-state index in [0.717, 1.165) is 42.5 Å². The molecule has 0 radical (unpaired) electrons. The van der Waals surface area contributed by atoms with Crippen LogP contribution in [0.25, 0.3) is 10.8 Å². The normalized spacial score (nSPS) is 13.5. The quantitative estimate of drug-likeness (QED) is 0.0364. The molecule has 432 valence electrons. The van der Waals surface area contributed by atoms with Crippen molar-refractivity contribution in [2.75, 3.05) is 35.4 Å². The number of anilines is 4. The molecule has 43 heteroatoms. The molecule has 81 heavy (non-hydrogen) atoms. The largest absolute Gasteiger partial charge is 0.505 e. The number of rotatable bonds is 21. The predicted molar refractivity (Wildman–Crippen MR) is 277 cm³/mol. The fourth-order valence-corrected chi connectivity index (χ4v) is 11.7. The first-order chi connectivity index (χ1) is 37.4. The topological polar surface area (TPSA) is 535 Å².